The molecule has 0 spiro atoms. The first-order valence-electron chi connectivity index (χ1n) is 0.670. The second-order valence-corrected chi connectivity index (χ2v) is 1.24. The Morgan fingerprint density at radius 1 is 1.50 bits per heavy atom. The molecule has 0 aliphatic rings. The first-order chi connectivity index (χ1) is 2.00. The van der Waals surface area contributed by atoms with Crippen LogP contribution in [-0.2, 0) is 10.5 Å². The molecule has 0 aliphatic heterocycles. The van der Waals surface area contributed by atoms with Gasteiger partial charge >= 0.3 is 10.5 Å². The van der Waals surface area contributed by atoms with Crippen LogP contribution >= 0.6 is 0 Å². The molecule has 0 atom stereocenters. The Hall–Kier alpha value is 1.10. The van der Waals surface area contributed by atoms with Crippen molar-refractivity contribution >= 4 is 10.5 Å². The number of hydrogen-bond acceptors (Lipinski definition) is 2. The van der Waals surface area contributed by atoms with E-state index in [1.807, 2.05) is 0 Å². The van der Waals surface area contributed by atoms with Gasteiger partial charge in [0.25, 0.3) is 0 Å². The molecule has 0 rings (SSSR count). The van der Waals surface area contributed by atoms with Gasteiger partial charge in [-0.3, -0.25) is 4.55 Å². The van der Waals surface area contributed by atoms with Gasteiger partial charge in [-0.25, -0.2) is 0 Å². The van der Waals surface area contributed by atoms with Crippen molar-refractivity contribution in [2.24, 2.45) is 0 Å². The van der Waals surface area contributed by atoms with Crippen molar-refractivity contribution in [3.63, 3.8) is 0 Å². The fourth-order valence-electron chi connectivity index (χ4n) is 0. The van der Waals surface area contributed by atoms with E-state index in [2.05, 4.69) is 0 Å². The molecule has 0 bridgehead atoms. The minimum absolute atomic E-state index is 0. The summed E-state index contributed by atoms with van der Waals surface area (Å²) < 4.78 is 34.1. The smallest absolute Gasteiger partial charge is 0.260 e. The van der Waals surface area contributed by atoms with Crippen molar-refractivity contribution in [1.29, 1.82) is 0 Å². The zero-order valence-corrected chi connectivity index (χ0v) is 5.10. The molecule has 0 fully saturated rings. The van der Waals surface area contributed by atoms with Crippen molar-refractivity contribution in [3.8, 4) is 0 Å². The summed E-state index contributed by atoms with van der Waals surface area (Å²) in [6, 6.07) is 0. The molecule has 6 heavy (non-hydrogen) atoms. The summed E-state index contributed by atoms with van der Waals surface area (Å²) in [5, 5.41) is 0. The van der Waals surface area contributed by atoms with Gasteiger partial charge < -0.3 is 0 Å². The third-order valence-electron chi connectivity index (χ3n) is 0. The van der Waals surface area contributed by atoms with Crippen molar-refractivity contribution in [2.75, 3.05) is 0 Å². The van der Waals surface area contributed by atoms with Crippen LogP contribution in [0, 0.1) is 37.7 Å². The van der Waals surface area contributed by atoms with E-state index in [4.69, 9.17) is 13.0 Å². The second kappa shape index (κ2) is 3.15. The predicted molar refractivity (Wildman–Crippen MR) is 12.7 cm³/mol. The molecule has 0 aromatic heterocycles. The zero-order chi connectivity index (χ0) is 4.50. The molecule has 1 N–H and O–H groups in total. The summed E-state index contributed by atoms with van der Waals surface area (Å²) in [7, 11) is -5.17. The van der Waals surface area contributed by atoms with Gasteiger partial charge in [-0.2, -0.15) is 8.42 Å². The van der Waals surface area contributed by atoms with Gasteiger partial charge in [0.15, 0.2) is 0 Å². The van der Waals surface area contributed by atoms with Crippen LogP contribution in [0.1, 0.15) is 0 Å². The van der Waals surface area contributed by atoms with E-state index in [1.165, 1.54) is 0 Å². The van der Waals surface area contributed by atoms with Crippen LogP contribution in [0.5, 0.6) is 0 Å². The van der Waals surface area contributed by atoms with Gasteiger partial charge in [-0.15, -0.1) is 0 Å². The van der Waals surface area contributed by atoms with Gasteiger partial charge in [-0.1, -0.05) is 3.89 Å². The van der Waals surface area contributed by atoms with Crippen LogP contribution < -0.4 is 0 Å². The van der Waals surface area contributed by atoms with Crippen LogP contribution in [0.3, 0.4) is 0 Å². The molecule has 43 valence electrons. The van der Waals surface area contributed by atoms with Gasteiger partial charge in [0.05, 0.1) is 0 Å². The zero-order valence-electron chi connectivity index (χ0n) is 2.35. The van der Waals surface area contributed by atoms with E-state index < -0.39 is 10.5 Å². The first kappa shape index (κ1) is 10.2. The van der Waals surface area contributed by atoms with Gasteiger partial charge in [-0.05, 0) is 0 Å². The molecule has 0 aromatic rings. The van der Waals surface area contributed by atoms with Crippen LogP contribution in [0.15, 0.2) is 0 Å². The van der Waals surface area contributed by atoms with E-state index in [1.54, 1.807) is 0 Å². The molecule has 0 heterocycles. The molecule has 3 nitrogen and oxygen atoms in total. The quantitative estimate of drug-likeness (QED) is 0.373. The Kier molecular flexibility index (Phi) is 5.33. The monoisotopic (exact) mass is 265 g/mol. The molecule has 0 aromatic carbocycles. The Labute approximate surface area is 64.6 Å². The fraction of sp³-hybridized carbons (Fsp3) is 0. The standard InChI is InChI=1S/FHO3S.Ho/c1-5(2,3)4;/h(H,2,3,4);. The summed E-state index contributed by atoms with van der Waals surface area (Å²) in [5.74, 6) is 0. The maximum atomic E-state index is 10.2. The van der Waals surface area contributed by atoms with E-state index in [9.17, 15) is 3.89 Å². The Morgan fingerprint density at radius 2 is 1.50 bits per heavy atom. The fourth-order valence-corrected chi connectivity index (χ4v) is 0. The summed E-state index contributed by atoms with van der Waals surface area (Å²) >= 11 is 0. The maximum Gasteiger partial charge on any atom is 0.435 e. The molecule has 1 radical (unpaired) electrons. The number of rotatable bonds is 0. The molecule has 0 saturated carbocycles. The van der Waals surface area contributed by atoms with E-state index >= 15 is 0 Å². The molecule has 0 saturated heterocycles. The first-order valence-corrected chi connectivity index (χ1v) is 2.01. The summed E-state index contributed by atoms with van der Waals surface area (Å²) in [4.78, 5) is 0. The Morgan fingerprint density at radius 3 is 1.50 bits per heavy atom. The summed E-state index contributed by atoms with van der Waals surface area (Å²) in [6.45, 7) is 0. The largest absolute Gasteiger partial charge is 0.435 e. The van der Waals surface area contributed by atoms with Gasteiger partial charge in [0, 0.05) is 37.7 Å². The minimum atomic E-state index is -5.17. The van der Waals surface area contributed by atoms with E-state index in [0.717, 1.165) is 0 Å². The van der Waals surface area contributed by atoms with Crippen molar-refractivity contribution < 1.29 is 54.6 Å². The molecular weight excluding hydrogens is 264 g/mol. The molecule has 0 unspecified atom stereocenters. The van der Waals surface area contributed by atoms with Crippen LogP contribution in [0.2, 0.25) is 0 Å². The number of hydrogen-bond donors (Lipinski definition) is 1. The SMILES string of the molecule is O=S(=O)(O)F.[Ho]. The normalized spacial score (nSPS) is 9.67. The van der Waals surface area contributed by atoms with Crippen molar-refractivity contribution in [3.05, 3.63) is 0 Å². The molecule has 6 heteroatoms. The summed E-state index contributed by atoms with van der Waals surface area (Å²) in [5.41, 5.74) is 0. The predicted octanol–water partition coefficient (Wildman–Crippen LogP) is -0.241. The minimum Gasteiger partial charge on any atom is -0.260 e. The average molecular weight is 265 g/mol. The average Bonchev–Trinajstić information content (AvgIpc) is 0.722. The Balaban J connectivity index is 0. The van der Waals surface area contributed by atoms with E-state index in [-0.39, 0.29) is 37.7 Å². The van der Waals surface area contributed by atoms with Gasteiger partial charge in [0.2, 0.25) is 0 Å². The maximum absolute atomic E-state index is 10.2. The van der Waals surface area contributed by atoms with Crippen LogP contribution in [0.25, 0.3) is 0 Å². The summed E-state index contributed by atoms with van der Waals surface area (Å²) in [6.07, 6.45) is 0. The van der Waals surface area contributed by atoms with Crippen molar-refractivity contribution in [2.45, 2.75) is 0 Å². The second-order valence-electron chi connectivity index (χ2n) is 0.412. The molecule has 0 amide bonds. The van der Waals surface area contributed by atoms with Gasteiger partial charge in [0.1, 0.15) is 0 Å². The van der Waals surface area contributed by atoms with Crippen molar-refractivity contribution in [1.82, 2.24) is 0 Å². The Bertz CT molecular complexity index is 94.0. The third-order valence-corrected chi connectivity index (χ3v) is 0. The molecular formula is HFHoO3S. The topological polar surface area (TPSA) is 54.4 Å². The molecule has 0 aliphatic carbocycles. The number of halogens is 1. The third kappa shape index (κ3) is 70.9. The van der Waals surface area contributed by atoms with Crippen LogP contribution in [-0.4, -0.2) is 13.0 Å². The van der Waals surface area contributed by atoms with Crippen LogP contribution in [0.4, 0.5) is 3.89 Å². The van der Waals surface area contributed by atoms with E-state index in [0.29, 0.717) is 0 Å².